The molecule has 0 saturated carbocycles. The first-order valence-corrected chi connectivity index (χ1v) is 6.84. The summed E-state index contributed by atoms with van der Waals surface area (Å²) < 4.78 is 0. The van der Waals surface area contributed by atoms with Gasteiger partial charge in [0.2, 0.25) is 0 Å². The lowest BCUT2D eigenvalue weighted by molar-refractivity contribution is 1.16. The second kappa shape index (κ2) is 5.46. The van der Waals surface area contributed by atoms with Crippen LogP contribution in [0.2, 0.25) is 0 Å². The molecule has 0 bridgehead atoms. The maximum atomic E-state index is 5.64. The number of anilines is 1. The molecule has 0 saturated heterocycles. The van der Waals surface area contributed by atoms with Crippen LogP contribution >= 0.6 is 23.6 Å². The van der Waals surface area contributed by atoms with Gasteiger partial charge in [-0.15, -0.1) is 11.3 Å². The van der Waals surface area contributed by atoms with Gasteiger partial charge >= 0.3 is 0 Å². The van der Waals surface area contributed by atoms with Crippen LogP contribution in [0.5, 0.6) is 0 Å². The van der Waals surface area contributed by atoms with E-state index in [1.54, 1.807) is 11.3 Å². The number of rotatable bonds is 4. The molecule has 1 aromatic heterocycles. The van der Waals surface area contributed by atoms with Crippen molar-refractivity contribution in [3.8, 4) is 0 Å². The van der Waals surface area contributed by atoms with Crippen LogP contribution in [0.3, 0.4) is 0 Å². The van der Waals surface area contributed by atoms with E-state index < -0.39 is 0 Å². The summed E-state index contributed by atoms with van der Waals surface area (Å²) in [6.45, 7) is 4.81. The molecule has 5 heteroatoms. The maximum Gasteiger partial charge on any atom is 0.104 e. The molecule has 18 heavy (non-hydrogen) atoms. The highest BCUT2D eigenvalue weighted by molar-refractivity contribution is 7.80. The number of benzene rings is 1. The van der Waals surface area contributed by atoms with E-state index in [4.69, 9.17) is 18.0 Å². The molecule has 0 atom stereocenters. The molecule has 94 valence electrons. The van der Waals surface area contributed by atoms with E-state index in [9.17, 15) is 0 Å². The summed E-state index contributed by atoms with van der Waals surface area (Å²) in [6.07, 6.45) is 1.91. The molecule has 1 heterocycles. The number of hydrogen-bond donors (Lipinski definition) is 2. The summed E-state index contributed by atoms with van der Waals surface area (Å²) in [7, 11) is 0. The van der Waals surface area contributed by atoms with Gasteiger partial charge in [0.05, 0.1) is 11.6 Å². The number of aryl methyl sites for hydroxylation is 2. The summed E-state index contributed by atoms with van der Waals surface area (Å²) in [4.78, 5) is 5.90. The van der Waals surface area contributed by atoms with Gasteiger partial charge in [-0.1, -0.05) is 12.2 Å². The molecule has 0 spiro atoms. The van der Waals surface area contributed by atoms with Crippen molar-refractivity contribution < 1.29 is 0 Å². The molecule has 0 aliphatic rings. The molecule has 2 rings (SSSR count). The second-order valence-electron chi connectivity index (χ2n) is 4.09. The Morgan fingerprint density at radius 3 is 2.78 bits per heavy atom. The van der Waals surface area contributed by atoms with Gasteiger partial charge in [-0.25, -0.2) is 4.98 Å². The molecule has 0 unspecified atom stereocenters. The van der Waals surface area contributed by atoms with Gasteiger partial charge in [0.25, 0.3) is 0 Å². The van der Waals surface area contributed by atoms with Gasteiger partial charge in [0.15, 0.2) is 0 Å². The second-order valence-corrected chi connectivity index (χ2v) is 5.85. The summed E-state index contributed by atoms with van der Waals surface area (Å²) in [6, 6.07) is 6.01. The average molecular weight is 277 g/mol. The minimum absolute atomic E-state index is 0.442. The number of aromatic nitrogens is 1. The molecule has 0 aliphatic heterocycles. The first kappa shape index (κ1) is 13.0. The smallest absolute Gasteiger partial charge is 0.104 e. The SMILES string of the molecule is Cc1ncc(CNc2ccc(C(N)=S)c(C)c2)s1. The van der Waals surface area contributed by atoms with Crippen LogP contribution in [0.1, 0.15) is 21.0 Å². The van der Waals surface area contributed by atoms with E-state index in [1.807, 2.05) is 32.2 Å². The van der Waals surface area contributed by atoms with Crippen LogP contribution in [-0.4, -0.2) is 9.97 Å². The monoisotopic (exact) mass is 277 g/mol. The van der Waals surface area contributed by atoms with Crippen LogP contribution in [-0.2, 0) is 6.54 Å². The first-order valence-electron chi connectivity index (χ1n) is 5.62. The molecular weight excluding hydrogens is 262 g/mol. The molecule has 3 nitrogen and oxygen atoms in total. The minimum Gasteiger partial charge on any atom is -0.389 e. The Balaban J connectivity index is 2.06. The van der Waals surface area contributed by atoms with Gasteiger partial charge in [0.1, 0.15) is 4.99 Å². The van der Waals surface area contributed by atoms with Gasteiger partial charge < -0.3 is 11.1 Å². The third-order valence-electron chi connectivity index (χ3n) is 2.63. The van der Waals surface area contributed by atoms with Crippen molar-refractivity contribution in [2.24, 2.45) is 5.73 Å². The topological polar surface area (TPSA) is 50.9 Å². The molecule has 0 fully saturated rings. The fourth-order valence-corrected chi connectivity index (χ4v) is 2.69. The Morgan fingerprint density at radius 2 is 2.22 bits per heavy atom. The first-order chi connectivity index (χ1) is 8.56. The fraction of sp³-hybridized carbons (Fsp3) is 0.231. The standard InChI is InChI=1S/C13H15N3S2/c1-8-5-10(3-4-12(8)13(14)17)16-7-11-6-15-9(2)18-11/h3-6,16H,7H2,1-2H3,(H2,14,17). The van der Waals surface area contributed by atoms with Crippen molar-refractivity contribution in [2.75, 3.05) is 5.32 Å². The van der Waals surface area contributed by atoms with Crippen molar-refractivity contribution in [2.45, 2.75) is 20.4 Å². The summed E-state index contributed by atoms with van der Waals surface area (Å²) >= 11 is 6.69. The number of hydrogen-bond acceptors (Lipinski definition) is 4. The lowest BCUT2D eigenvalue weighted by atomic mass is 10.1. The maximum absolute atomic E-state index is 5.64. The van der Waals surface area contributed by atoms with Crippen LogP contribution in [0, 0.1) is 13.8 Å². The van der Waals surface area contributed by atoms with Gasteiger partial charge in [0, 0.05) is 22.3 Å². The Labute approximate surface area is 116 Å². The highest BCUT2D eigenvalue weighted by Crippen LogP contribution is 2.18. The summed E-state index contributed by atoms with van der Waals surface area (Å²) in [5.74, 6) is 0. The van der Waals surface area contributed by atoms with Crippen LogP contribution in [0.25, 0.3) is 0 Å². The zero-order chi connectivity index (χ0) is 13.1. The summed E-state index contributed by atoms with van der Waals surface area (Å²) in [5.41, 5.74) is 8.73. The molecule has 0 radical (unpaired) electrons. The van der Waals surface area contributed by atoms with E-state index in [1.165, 1.54) is 4.88 Å². The molecule has 3 N–H and O–H groups in total. The molecule has 0 amide bonds. The zero-order valence-electron chi connectivity index (χ0n) is 10.4. The van der Waals surface area contributed by atoms with Crippen LogP contribution in [0.4, 0.5) is 5.69 Å². The highest BCUT2D eigenvalue weighted by atomic mass is 32.1. The predicted molar refractivity (Wildman–Crippen MR) is 81.2 cm³/mol. The fourth-order valence-electron chi connectivity index (χ4n) is 1.73. The number of nitrogens with two attached hydrogens (primary N) is 1. The van der Waals surface area contributed by atoms with Crippen molar-refractivity contribution in [3.05, 3.63) is 45.4 Å². The predicted octanol–water partition coefficient (Wildman–Crippen LogP) is 3.01. The van der Waals surface area contributed by atoms with E-state index in [0.29, 0.717) is 4.99 Å². The van der Waals surface area contributed by atoms with Crippen molar-refractivity contribution >= 4 is 34.2 Å². The Kier molecular flexibility index (Phi) is 3.93. The van der Waals surface area contributed by atoms with Gasteiger partial charge in [-0.05, 0) is 37.6 Å². The van der Waals surface area contributed by atoms with Crippen molar-refractivity contribution in [3.63, 3.8) is 0 Å². The van der Waals surface area contributed by atoms with E-state index in [0.717, 1.165) is 28.4 Å². The van der Waals surface area contributed by atoms with Gasteiger partial charge in [-0.3, -0.25) is 0 Å². The summed E-state index contributed by atoms with van der Waals surface area (Å²) in [5, 5.41) is 4.46. The van der Waals surface area contributed by atoms with Crippen molar-refractivity contribution in [1.82, 2.24) is 4.98 Å². The van der Waals surface area contributed by atoms with E-state index in [-0.39, 0.29) is 0 Å². The third-order valence-corrected chi connectivity index (χ3v) is 3.76. The number of nitrogens with one attached hydrogen (secondary N) is 1. The third kappa shape index (κ3) is 3.05. The molecule has 2 aromatic rings. The zero-order valence-corrected chi connectivity index (χ0v) is 12.0. The van der Waals surface area contributed by atoms with Crippen LogP contribution in [0.15, 0.2) is 24.4 Å². The number of thiocarbonyl (C=S) groups is 1. The van der Waals surface area contributed by atoms with E-state index >= 15 is 0 Å². The quantitative estimate of drug-likeness (QED) is 0.844. The lowest BCUT2D eigenvalue weighted by Crippen LogP contribution is -2.11. The average Bonchev–Trinajstić information content (AvgIpc) is 2.72. The van der Waals surface area contributed by atoms with Crippen molar-refractivity contribution in [1.29, 1.82) is 0 Å². The normalized spacial score (nSPS) is 10.3. The number of thiazole rings is 1. The number of nitrogens with zero attached hydrogens (tertiary/aromatic N) is 1. The Bertz CT molecular complexity index is 575. The molecule has 1 aromatic carbocycles. The molecule has 0 aliphatic carbocycles. The highest BCUT2D eigenvalue weighted by Gasteiger charge is 2.03. The van der Waals surface area contributed by atoms with E-state index in [2.05, 4.69) is 16.4 Å². The van der Waals surface area contributed by atoms with Crippen LogP contribution < -0.4 is 11.1 Å². The Morgan fingerprint density at radius 1 is 1.44 bits per heavy atom. The minimum atomic E-state index is 0.442. The Hall–Kier alpha value is -1.46. The molecular formula is C13H15N3S2. The lowest BCUT2D eigenvalue weighted by Gasteiger charge is -2.08. The largest absolute Gasteiger partial charge is 0.389 e. The van der Waals surface area contributed by atoms with Gasteiger partial charge in [-0.2, -0.15) is 0 Å².